The van der Waals surface area contributed by atoms with Crippen LogP contribution in [0, 0.1) is 6.92 Å². The molecule has 2 heteroatoms. The molecule has 0 aliphatic heterocycles. The van der Waals surface area contributed by atoms with Crippen molar-refractivity contribution in [3.05, 3.63) is 34.4 Å². The molecule has 0 aromatic heterocycles. The van der Waals surface area contributed by atoms with Gasteiger partial charge in [-0.25, -0.2) is 0 Å². The van der Waals surface area contributed by atoms with Gasteiger partial charge in [0, 0.05) is 0 Å². The fraction of sp³-hybridized carbons (Fsp3) is 0.533. The summed E-state index contributed by atoms with van der Waals surface area (Å²) in [7, 11) is 1.46. The van der Waals surface area contributed by atoms with Crippen LogP contribution >= 0.6 is 0 Å². The summed E-state index contributed by atoms with van der Waals surface area (Å²) in [5, 5.41) is 0. The Morgan fingerprint density at radius 3 is 2.65 bits per heavy atom. The molecular weight excluding hydrogens is 212 g/mol. The van der Waals surface area contributed by atoms with E-state index in [1.807, 2.05) is 0 Å². The van der Waals surface area contributed by atoms with Crippen molar-refractivity contribution in [2.24, 2.45) is 0 Å². The Kier molecular flexibility index (Phi) is 3.51. The molecule has 0 saturated heterocycles. The molecule has 1 fully saturated rings. The van der Waals surface area contributed by atoms with E-state index in [1.165, 1.54) is 42.2 Å². The summed E-state index contributed by atoms with van der Waals surface area (Å²) in [6.07, 6.45) is 3.93. The Labute approximate surface area is 103 Å². The zero-order valence-corrected chi connectivity index (χ0v) is 10.9. The molecule has 0 unspecified atom stereocenters. The third-order valence-electron chi connectivity index (χ3n) is 3.47. The smallest absolute Gasteiger partial charge is 0.309 e. The molecule has 0 N–H and O–H groups in total. The van der Waals surface area contributed by atoms with Gasteiger partial charge < -0.3 is 4.74 Å². The van der Waals surface area contributed by atoms with Gasteiger partial charge in [0.1, 0.15) is 0 Å². The maximum absolute atomic E-state index is 11.5. The van der Waals surface area contributed by atoms with Crippen LogP contribution in [0.3, 0.4) is 0 Å². The minimum Gasteiger partial charge on any atom is -0.469 e. The Morgan fingerprint density at radius 2 is 2.12 bits per heavy atom. The molecular formula is C15H20O2. The third kappa shape index (κ3) is 2.68. The van der Waals surface area contributed by atoms with E-state index in [9.17, 15) is 4.79 Å². The fourth-order valence-electron chi connectivity index (χ4n) is 2.43. The molecule has 2 rings (SSSR count). The van der Waals surface area contributed by atoms with Crippen LogP contribution in [-0.4, -0.2) is 13.1 Å². The summed E-state index contributed by atoms with van der Waals surface area (Å²) in [6.45, 7) is 4.28. The Hall–Kier alpha value is -1.31. The van der Waals surface area contributed by atoms with Crippen molar-refractivity contribution in [1.82, 2.24) is 0 Å². The van der Waals surface area contributed by atoms with E-state index >= 15 is 0 Å². The van der Waals surface area contributed by atoms with Crippen LogP contribution < -0.4 is 0 Å². The molecule has 0 atom stereocenters. The molecule has 1 saturated carbocycles. The predicted octanol–water partition coefficient (Wildman–Crippen LogP) is 3.15. The van der Waals surface area contributed by atoms with Crippen LogP contribution in [-0.2, 0) is 22.4 Å². The van der Waals surface area contributed by atoms with Crippen molar-refractivity contribution in [1.29, 1.82) is 0 Å². The minimum atomic E-state index is -0.134. The molecule has 17 heavy (non-hydrogen) atoms. The zero-order valence-electron chi connectivity index (χ0n) is 10.9. The Balaban J connectivity index is 2.40. The number of rotatable bonds is 4. The summed E-state index contributed by atoms with van der Waals surface area (Å²) < 4.78 is 4.80. The summed E-state index contributed by atoms with van der Waals surface area (Å²) in [5.74, 6) is 0.547. The standard InChI is InChI=1S/C15H20O2/c1-4-11-7-10(2)8-13(12-5-6-12)14(11)9-15(16)17-3/h7-8,12H,4-6,9H2,1-3H3. The molecule has 0 amide bonds. The number of carbonyl (C=O) groups is 1. The lowest BCUT2D eigenvalue weighted by molar-refractivity contribution is -0.139. The van der Waals surface area contributed by atoms with Crippen LogP contribution in [0.25, 0.3) is 0 Å². The first-order valence-electron chi connectivity index (χ1n) is 6.34. The summed E-state index contributed by atoms with van der Waals surface area (Å²) in [5.41, 5.74) is 5.20. The van der Waals surface area contributed by atoms with Gasteiger partial charge in [-0.05, 0) is 48.8 Å². The van der Waals surface area contributed by atoms with E-state index in [0.717, 1.165) is 6.42 Å². The maximum Gasteiger partial charge on any atom is 0.309 e. The van der Waals surface area contributed by atoms with Gasteiger partial charge in [-0.3, -0.25) is 4.79 Å². The van der Waals surface area contributed by atoms with Gasteiger partial charge in [0.2, 0.25) is 0 Å². The van der Waals surface area contributed by atoms with Crippen molar-refractivity contribution < 1.29 is 9.53 Å². The van der Waals surface area contributed by atoms with Crippen molar-refractivity contribution >= 4 is 5.97 Å². The Bertz CT molecular complexity index is 431. The predicted molar refractivity (Wildman–Crippen MR) is 68.3 cm³/mol. The highest BCUT2D eigenvalue weighted by atomic mass is 16.5. The van der Waals surface area contributed by atoms with Crippen molar-refractivity contribution in [3.63, 3.8) is 0 Å². The SMILES string of the molecule is CCc1cc(C)cc(C2CC2)c1CC(=O)OC. The van der Waals surface area contributed by atoms with E-state index in [4.69, 9.17) is 4.74 Å². The molecule has 0 spiro atoms. The normalized spacial score (nSPS) is 14.8. The van der Waals surface area contributed by atoms with Crippen LogP contribution in [0.2, 0.25) is 0 Å². The molecule has 2 nitrogen and oxygen atoms in total. The van der Waals surface area contributed by atoms with Crippen LogP contribution in [0.5, 0.6) is 0 Å². The molecule has 1 aromatic carbocycles. The van der Waals surface area contributed by atoms with E-state index in [1.54, 1.807) is 0 Å². The zero-order chi connectivity index (χ0) is 12.4. The second-order valence-corrected chi connectivity index (χ2v) is 4.87. The van der Waals surface area contributed by atoms with Gasteiger partial charge in [0.05, 0.1) is 13.5 Å². The lowest BCUT2D eigenvalue weighted by atomic mass is 9.92. The van der Waals surface area contributed by atoms with E-state index in [2.05, 4.69) is 26.0 Å². The van der Waals surface area contributed by atoms with E-state index < -0.39 is 0 Å². The molecule has 1 aliphatic rings. The van der Waals surface area contributed by atoms with Crippen molar-refractivity contribution in [2.75, 3.05) is 7.11 Å². The molecule has 92 valence electrons. The molecule has 1 aromatic rings. The lowest BCUT2D eigenvalue weighted by Crippen LogP contribution is -2.09. The topological polar surface area (TPSA) is 26.3 Å². The Morgan fingerprint density at radius 1 is 1.41 bits per heavy atom. The van der Waals surface area contributed by atoms with Gasteiger partial charge >= 0.3 is 5.97 Å². The van der Waals surface area contributed by atoms with Crippen LogP contribution in [0.4, 0.5) is 0 Å². The minimum absolute atomic E-state index is 0.134. The fourth-order valence-corrected chi connectivity index (χ4v) is 2.43. The number of ether oxygens (including phenoxy) is 1. The average Bonchev–Trinajstić information content (AvgIpc) is 3.14. The van der Waals surface area contributed by atoms with E-state index in [0.29, 0.717) is 12.3 Å². The van der Waals surface area contributed by atoms with Gasteiger partial charge in [0.25, 0.3) is 0 Å². The number of carbonyl (C=O) groups excluding carboxylic acids is 1. The summed E-state index contributed by atoms with van der Waals surface area (Å²) >= 11 is 0. The van der Waals surface area contributed by atoms with Crippen molar-refractivity contribution in [3.8, 4) is 0 Å². The molecule has 0 heterocycles. The largest absolute Gasteiger partial charge is 0.469 e. The highest BCUT2D eigenvalue weighted by Gasteiger charge is 2.27. The number of hydrogen-bond donors (Lipinski definition) is 0. The van der Waals surface area contributed by atoms with Gasteiger partial charge in [-0.2, -0.15) is 0 Å². The average molecular weight is 232 g/mol. The highest BCUT2D eigenvalue weighted by molar-refractivity contribution is 5.74. The highest BCUT2D eigenvalue weighted by Crippen LogP contribution is 2.43. The number of esters is 1. The maximum atomic E-state index is 11.5. The van der Waals surface area contributed by atoms with Gasteiger partial charge in [-0.1, -0.05) is 24.6 Å². The number of hydrogen-bond acceptors (Lipinski definition) is 2. The first-order valence-corrected chi connectivity index (χ1v) is 6.34. The first kappa shape index (κ1) is 12.2. The van der Waals surface area contributed by atoms with E-state index in [-0.39, 0.29) is 5.97 Å². The second kappa shape index (κ2) is 4.91. The lowest BCUT2D eigenvalue weighted by Gasteiger charge is -2.14. The molecule has 1 aliphatic carbocycles. The van der Waals surface area contributed by atoms with Crippen LogP contribution in [0.1, 0.15) is 47.9 Å². The number of methoxy groups -OCH3 is 1. The quantitative estimate of drug-likeness (QED) is 0.745. The van der Waals surface area contributed by atoms with Crippen molar-refractivity contribution in [2.45, 2.75) is 45.4 Å². The number of benzene rings is 1. The monoisotopic (exact) mass is 232 g/mol. The molecule has 0 bridgehead atoms. The first-order chi connectivity index (χ1) is 8.15. The third-order valence-corrected chi connectivity index (χ3v) is 3.47. The molecule has 0 radical (unpaired) electrons. The van der Waals surface area contributed by atoms with Gasteiger partial charge in [0.15, 0.2) is 0 Å². The summed E-state index contributed by atoms with van der Waals surface area (Å²) in [6, 6.07) is 4.44. The number of aryl methyl sites for hydroxylation is 2. The van der Waals surface area contributed by atoms with Crippen LogP contribution in [0.15, 0.2) is 12.1 Å². The summed E-state index contributed by atoms with van der Waals surface area (Å²) in [4.78, 5) is 11.5. The second-order valence-electron chi connectivity index (χ2n) is 4.87. The van der Waals surface area contributed by atoms with Gasteiger partial charge in [-0.15, -0.1) is 0 Å².